The lowest BCUT2D eigenvalue weighted by molar-refractivity contribution is -0.385. The van der Waals surface area contributed by atoms with Crippen LogP contribution in [-0.2, 0) is 0 Å². The molecule has 4 aromatic rings. The number of pyridine rings is 1. The highest BCUT2D eigenvalue weighted by Gasteiger charge is 2.11. The van der Waals surface area contributed by atoms with Gasteiger partial charge in [0.1, 0.15) is 12.0 Å². The van der Waals surface area contributed by atoms with E-state index in [1.54, 1.807) is 24.8 Å². The van der Waals surface area contributed by atoms with E-state index in [0.717, 1.165) is 16.9 Å². The first-order chi connectivity index (χ1) is 14.7. The Hall–Kier alpha value is -4.34. The van der Waals surface area contributed by atoms with Crippen molar-refractivity contribution in [2.75, 3.05) is 23.7 Å². The highest BCUT2D eigenvalue weighted by molar-refractivity contribution is 5.69. The molecule has 0 fully saturated rings. The van der Waals surface area contributed by atoms with Crippen molar-refractivity contribution < 1.29 is 4.92 Å². The van der Waals surface area contributed by atoms with Gasteiger partial charge in [-0.2, -0.15) is 0 Å². The predicted octanol–water partition coefficient (Wildman–Crippen LogP) is 3.16. The monoisotopic (exact) mass is 402 g/mol. The lowest BCUT2D eigenvalue weighted by Gasteiger charge is -2.12. The van der Waals surface area contributed by atoms with E-state index in [1.807, 2.05) is 41.1 Å². The molecule has 0 spiro atoms. The highest BCUT2D eigenvalue weighted by Crippen LogP contribution is 2.25. The van der Waals surface area contributed by atoms with E-state index in [9.17, 15) is 10.1 Å². The zero-order valence-electron chi connectivity index (χ0n) is 15.8. The molecule has 4 rings (SSSR count). The van der Waals surface area contributed by atoms with E-state index in [0.29, 0.717) is 24.9 Å². The van der Waals surface area contributed by atoms with Gasteiger partial charge in [0.05, 0.1) is 28.8 Å². The largest absolute Gasteiger partial charge is 0.368 e. The maximum absolute atomic E-state index is 10.7. The fraction of sp³-hybridized carbons (Fsp3) is 0.100. The first-order valence-corrected chi connectivity index (χ1v) is 9.20. The lowest BCUT2D eigenvalue weighted by atomic mass is 10.1. The summed E-state index contributed by atoms with van der Waals surface area (Å²) in [4.78, 5) is 27.4. The highest BCUT2D eigenvalue weighted by atomic mass is 16.6. The van der Waals surface area contributed by atoms with Crippen LogP contribution in [0.2, 0.25) is 0 Å². The molecule has 30 heavy (non-hydrogen) atoms. The molecule has 0 saturated carbocycles. The van der Waals surface area contributed by atoms with Gasteiger partial charge in [-0.05, 0) is 6.07 Å². The van der Waals surface area contributed by atoms with Crippen LogP contribution in [0, 0.1) is 10.1 Å². The summed E-state index contributed by atoms with van der Waals surface area (Å²) >= 11 is 0. The molecule has 3 heterocycles. The molecular formula is C20H18N8O2. The zero-order valence-corrected chi connectivity index (χ0v) is 15.8. The third-order valence-corrected chi connectivity index (χ3v) is 4.27. The van der Waals surface area contributed by atoms with E-state index in [2.05, 4.69) is 30.6 Å². The van der Waals surface area contributed by atoms with Crippen LogP contribution in [0.1, 0.15) is 0 Å². The second-order valence-corrected chi connectivity index (χ2v) is 6.28. The lowest BCUT2D eigenvalue weighted by Crippen LogP contribution is -2.16. The van der Waals surface area contributed by atoms with Crippen LogP contribution in [-0.4, -0.2) is 42.5 Å². The number of nitrogens with zero attached hydrogens (tertiary/aromatic N) is 6. The third-order valence-electron chi connectivity index (χ3n) is 4.27. The number of hydrogen-bond acceptors (Lipinski definition) is 8. The minimum absolute atomic E-state index is 0.0431. The third kappa shape index (κ3) is 4.38. The molecule has 0 aliphatic heterocycles. The number of nitrogens with one attached hydrogen (secondary N) is 2. The molecule has 0 unspecified atom stereocenters. The predicted molar refractivity (Wildman–Crippen MR) is 112 cm³/mol. The van der Waals surface area contributed by atoms with Crippen molar-refractivity contribution in [1.82, 2.24) is 24.5 Å². The second kappa shape index (κ2) is 8.78. The molecule has 0 aliphatic rings. The Morgan fingerprint density at radius 2 is 1.83 bits per heavy atom. The van der Waals surface area contributed by atoms with Crippen LogP contribution in [0.3, 0.4) is 0 Å². The van der Waals surface area contributed by atoms with Crippen molar-refractivity contribution in [3.8, 4) is 16.9 Å². The van der Waals surface area contributed by atoms with Gasteiger partial charge in [-0.25, -0.2) is 19.9 Å². The van der Waals surface area contributed by atoms with E-state index < -0.39 is 4.92 Å². The maximum Gasteiger partial charge on any atom is 0.287 e. The molecule has 2 N–H and O–H groups in total. The standard InChI is InChI=1S/C20H18N8O2/c29-28(30)16-6-7-18(24-12-16)22-8-9-23-20-25-13-17(27-11-10-21-14-27)19(26-20)15-4-2-1-3-5-15/h1-7,10-14H,8-9H2,(H,22,24)(H,23,25,26). The molecule has 0 radical (unpaired) electrons. The van der Waals surface area contributed by atoms with Gasteiger partial charge in [0, 0.05) is 37.1 Å². The molecule has 10 nitrogen and oxygen atoms in total. The van der Waals surface area contributed by atoms with Gasteiger partial charge in [0.15, 0.2) is 0 Å². The molecule has 1 aromatic carbocycles. The summed E-state index contributed by atoms with van der Waals surface area (Å²) < 4.78 is 1.87. The minimum Gasteiger partial charge on any atom is -0.368 e. The number of rotatable bonds is 8. The van der Waals surface area contributed by atoms with E-state index in [4.69, 9.17) is 0 Å². The normalized spacial score (nSPS) is 10.5. The molecular weight excluding hydrogens is 384 g/mol. The van der Waals surface area contributed by atoms with Gasteiger partial charge in [-0.15, -0.1) is 0 Å². The Morgan fingerprint density at radius 3 is 2.53 bits per heavy atom. The Morgan fingerprint density at radius 1 is 1.00 bits per heavy atom. The summed E-state index contributed by atoms with van der Waals surface area (Å²) in [6.07, 6.45) is 8.24. The summed E-state index contributed by atoms with van der Waals surface area (Å²) in [5.74, 6) is 1.06. The van der Waals surface area contributed by atoms with Gasteiger partial charge in [0.25, 0.3) is 5.69 Å². The summed E-state index contributed by atoms with van der Waals surface area (Å²) in [6, 6.07) is 12.9. The first kappa shape index (κ1) is 19.0. The number of benzene rings is 1. The average molecular weight is 402 g/mol. The molecule has 0 aliphatic carbocycles. The summed E-state index contributed by atoms with van der Waals surface area (Å²) in [7, 11) is 0. The van der Waals surface area contributed by atoms with Gasteiger partial charge < -0.3 is 15.2 Å². The average Bonchev–Trinajstić information content (AvgIpc) is 3.32. The summed E-state index contributed by atoms with van der Waals surface area (Å²) in [5, 5.41) is 17.0. The van der Waals surface area contributed by atoms with Crippen molar-refractivity contribution in [2.24, 2.45) is 0 Å². The quantitative estimate of drug-likeness (QED) is 0.262. The zero-order chi connectivity index (χ0) is 20.8. The molecule has 0 bridgehead atoms. The van der Waals surface area contributed by atoms with Gasteiger partial charge >= 0.3 is 0 Å². The van der Waals surface area contributed by atoms with Crippen LogP contribution < -0.4 is 10.6 Å². The minimum atomic E-state index is -0.479. The number of aromatic nitrogens is 5. The Balaban J connectivity index is 1.44. The van der Waals surface area contributed by atoms with Crippen molar-refractivity contribution >= 4 is 17.5 Å². The fourth-order valence-corrected chi connectivity index (χ4v) is 2.82. The summed E-state index contributed by atoms with van der Waals surface area (Å²) in [6.45, 7) is 1.08. The van der Waals surface area contributed by atoms with Crippen LogP contribution in [0.25, 0.3) is 16.9 Å². The number of hydrogen-bond donors (Lipinski definition) is 2. The van der Waals surface area contributed by atoms with Crippen molar-refractivity contribution in [2.45, 2.75) is 0 Å². The molecule has 10 heteroatoms. The maximum atomic E-state index is 10.7. The summed E-state index contributed by atoms with van der Waals surface area (Å²) in [5.41, 5.74) is 2.55. The molecule has 150 valence electrons. The SMILES string of the molecule is O=[N+]([O-])c1ccc(NCCNc2ncc(-n3ccnc3)c(-c3ccccc3)n2)nc1. The Bertz CT molecular complexity index is 1120. The first-order valence-electron chi connectivity index (χ1n) is 9.20. The van der Waals surface area contributed by atoms with Crippen molar-refractivity contribution in [1.29, 1.82) is 0 Å². The fourth-order valence-electron chi connectivity index (χ4n) is 2.82. The molecule has 0 atom stereocenters. The van der Waals surface area contributed by atoms with Crippen LogP contribution in [0.4, 0.5) is 17.5 Å². The van der Waals surface area contributed by atoms with E-state index in [-0.39, 0.29) is 5.69 Å². The molecule has 0 amide bonds. The van der Waals surface area contributed by atoms with Gasteiger partial charge in [0.2, 0.25) is 5.95 Å². The number of nitro groups is 1. The Labute approximate surface area is 171 Å². The molecule has 0 saturated heterocycles. The molecule has 3 aromatic heterocycles. The van der Waals surface area contributed by atoms with Gasteiger partial charge in [-0.3, -0.25) is 10.1 Å². The smallest absolute Gasteiger partial charge is 0.287 e. The van der Waals surface area contributed by atoms with Crippen molar-refractivity contribution in [3.05, 3.63) is 83.7 Å². The number of anilines is 2. The topological polar surface area (TPSA) is 124 Å². The Kier molecular flexibility index (Phi) is 5.56. The van der Waals surface area contributed by atoms with Crippen molar-refractivity contribution in [3.63, 3.8) is 0 Å². The van der Waals surface area contributed by atoms with E-state index >= 15 is 0 Å². The van der Waals surface area contributed by atoms with Crippen LogP contribution >= 0.6 is 0 Å². The van der Waals surface area contributed by atoms with Gasteiger partial charge in [-0.1, -0.05) is 30.3 Å². The van der Waals surface area contributed by atoms with E-state index in [1.165, 1.54) is 12.3 Å². The van der Waals surface area contributed by atoms with Crippen LogP contribution in [0.15, 0.2) is 73.6 Å². The number of imidazole rings is 1. The van der Waals surface area contributed by atoms with Crippen LogP contribution in [0.5, 0.6) is 0 Å². The second-order valence-electron chi connectivity index (χ2n) is 6.28.